The minimum atomic E-state index is -4.33. The highest BCUT2D eigenvalue weighted by Crippen LogP contribution is 2.37. The lowest BCUT2D eigenvalue weighted by Gasteiger charge is -2.11. The Hall–Kier alpha value is -1.98. The number of imidazole rings is 1. The number of nitrogens with zero attached hydrogens (tertiary/aromatic N) is 2. The van der Waals surface area contributed by atoms with Crippen LogP contribution in [0.3, 0.4) is 0 Å². The Bertz CT molecular complexity index is 585. The van der Waals surface area contributed by atoms with Crippen LogP contribution in [0.1, 0.15) is 24.4 Å². The van der Waals surface area contributed by atoms with Crippen LogP contribution in [0.5, 0.6) is 0 Å². The van der Waals surface area contributed by atoms with Crippen molar-refractivity contribution in [3.05, 3.63) is 42.2 Å². The molecule has 100 valence electrons. The van der Waals surface area contributed by atoms with Crippen LogP contribution >= 0.6 is 0 Å². The molecule has 3 nitrogen and oxygen atoms in total. The molecule has 19 heavy (non-hydrogen) atoms. The molecule has 0 unspecified atom stereocenters. The fourth-order valence-electron chi connectivity index (χ4n) is 1.96. The maximum atomic E-state index is 12.6. The second kappa shape index (κ2) is 4.29. The molecule has 0 bridgehead atoms. The van der Waals surface area contributed by atoms with Crippen molar-refractivity contribution in [2.45, 2.75) is 25.1 Å². The van der Waals surface area contributed by atoms with E-state index in [0.29, 0.717) is 17.7 Å². The summed E-state index contributed by atoms with van der Waals surface area (Å²) in [5, 5.41) is 2.94. The molecule has 1 aromatic carbocycles. The van der Waals surface area contributed by atoms with Gasteiger partial charge in [-0.1, -0.05) is 6.07 Å². The van der Waals surface area contributed by atoms with Crippen LogP contribution < -0.4 is 5.32 Å². The molecule has 1 aromatic heterocycles. The quantitative estimate of drug-likeness (QED) is 0.911. The molecular formula is C13H12F3N3. The summed E-state index contributed by atoms with van der Waals surface area (Å²) in [5.41, 5.74) is -0.273. The SMILES string of the molecule is FC(F)(F)c1cccc(Nc2nccn2C2CC2)c1. The second-order valence-corrected chi connectivity index (χ2v) is 4.59. The standard InChI is InChI=1S/C13H12F3N3/c14-13(15,16)9-2-1-3-10(8-9)18-12-17-6-7-19(12)11-4-5-11/h1-3,6-8,11H,4-5H2,(H,17,18). The van der Waals surface area contributed by atoms with E-state index in [1.807, 2.05) is 10.8 Å². The number of hydrogen-bond donors (Lipinski definition) is 1. The van der Waals surface area contributed by atoms with Crippen molar-refractivity contribution in [2.24, 2.45) is 0 Å². The number of alkyl halides is 3. The van der Waals surface area contributed by atoms with Gasteiger partial charge in [-0.25, -0.2) is 4.98 Å². The number of rotatable bonds is 3. The number of hydrogen-bond acceptors (Lipinski definition) is 2. The lowest BCUT2D eigenvalue weighted by atomic mass is 10.2. The molecule has 2 aromatic rings. The maximum absolute atomic E-state index is 12.6. The average Bonchev–Trinajstić information content (AvgIpc) is 3.10. The van der Waals surface area contributed by atoms with Gasteiger partial charge in [-0.05, 0) is 31.0 Å². The van der Waals surface area contributed by atoms with Crippen molar-refractivity contribution in [3.8, 4) is 0 Å². The number of benzene rings is 1. The largest absolute Gasteiger partial charge is 0.416 e. The van der Waals surface area contributed by atoms with Gasteiger partial charge in [0.05, 0.1) is 5.56 Å². The Morgan fingerprint density at radius 1 is 1.26 bits per heavy atom. The van der Waals surface area contributed by atoms with E-state index in [0.717, 1.165) is 25.0 Å². The lowest BCUT2D eigenvalue weighted by molar-refractivity contribution is -0.137. The summed E-state index contributed by atoms with van der Waals surface area (Å²) >= 11 is 0. The first kappa shape index (κ1) is 12.1. The van der Waals surface area contributed by atoms with Crippen LogP contribution in [0.25, 0.3) is 0 Å². The van der Waals surface area contributed by atoms with E-state index in [4.69, 9.17) is 0 Å². The highest BCUT2D eigenvalue weighted by molar-refractivity contribution is 5.55. The van der Waals surface area contributed by atoms with Gasteiger partial charge in [-0.2, -0.15) is 13.2 Å². The molecule has 0 saturated heterocycles. The summed E-state index contributed by atoms with van der Waals surface area (Å²) in [7, 11) is 0. The number of anilines is 2. The van der Waals surface area contributed by atoms with Crippen LogP contribution in [0, 0.1) is 0 Å². The monoisotopic (exact) mass is 267 g/mol. The zero-order chi connectivity index (χ0) is 13.5. The topological polar surface area (TPSA) is 29.9 Å². The summed E-state index contributed by atoms with van der Waals surface area (Å²) in [6.45, 7) is 0. The minimum Gasteiger partial charge on any atom is -0.326 e. The van der Waals surface area contributed by atoms with E-state index < -0.39 is 11.7 Å². The molecule has 1 heterocycles. The zero-order valence-corrected chi connectivity index (χ0v) is 9.98. The van der Waals surface area contributed by atoms with Crippen LogP contribution in [-0.4, -0.2) is 9.55 Å². The van der Waals surface area contributed by atoms with E-state index in [2.05, 4.69) is 10.3 Å². The summed E-state index contributed by atoms with van der Waals surface area (Å²) < 4.78 is 39.8. The fraction of sp³-hybridized carbons (Fsp3) is 0.308. The smallest absolute Gasteiger partial charge is 0.326 e. The van der Waals surface area contributed by atoms with Crippen molar-refractivity contribution in [1.29, 1.82) is 0 Å². The summed E-state index contributed by atoms with van der Waals surface area (Å²) in [6.07, 6.45) is 1.34. The summed E-state index contributed by atoms with van der Waals surface area (Å²) in [6, 6.07) is 5.55. The molecular weight excluding hydrogens is 255 g/mol. The molecule has 0 aliphatic heterocycles. The van der Waals surface area contributed by atoms with Gasteiger partial charge in [0.25, 0.3) is 0 Å². The Balaban J connectivity index is 1.85. The number of halogens is 3. The molecule has 3 rings (SSSR count). The van der Waals surface area contributed by atoms with Gasteiger partial charge in [0, 0.05) is 24.1 Å². The molecule has 0 radical (unpaired) electrons. The van der Waals surface area contributed by atoms with Gasteiger partial charge in [-0.15, -0.1) is 0 Å². The van der Waals surface area contributed by atoms with E-state index in [-0.39, 0.29) is 0 Å². The van der Waals surface area contributed by atoms with Gasteiger partial charge >= 0.3 is 6.18 Å². The summed E-state index contributed by atoms with van der Waals surface area (Å²) in [5.74, 6) is 0.585. The van der Waals surface area contributed by atoms with Gasteiger partial charge in [-0.3, -0.25) is 0 Å². The molecule has 1 aliphatic carbocycles. The van der Waals surface area contributed by atoms with Crippen molar-refractivity contribution < 1.29 is 13.2 Å². The Morgan fingerprint density at radius 3 is 2.74 bits per heavy atom. The molecule has 1 fully saturated rings. The van der Waals surface area contributed by atoms with Gasteiger partial charge in [0.2, 0.25) is 5.95 Å². The van der Waals surface area contributed by atoms with E-state index in [9.17, 15) is 13.2 Å². The highest BCUT2D eigenvalue weighted by atomic mass is 19.4. The number of nitrogens with one attached hydrogen (secondary N) is 1. The Kier molecular flexibility index (Phi) is 2.73. The third kappa shape index (κ3) is 2.57. The van der Waals surface area contributed by atoms with Crippen LogP contribution in [0.2, 0.25) is 0 Å². The van der Waals surface area contributed by atoms with Crippen LogP contribution in [0.15, 0.2) is 36.7 Å². The normalized spacial score (nSPS) is 15.5. The van der Waals surface area contributed by atoms with Crippen molar-refractivity contribution in [2.75, 3.05) is 5.32 Å². The second-order valence-electron chi connectivity index (χ2n) is 4.59. The molecule has 1 N–H and O–H groups in total. The van der Waals surface area contributed by atoms with Crippen molar-refractivity contribution >= 4 is 11.6 Å². The highest BCUT2D eigenvalue weighted by Gasteiger charge is 2.30. The van der Waals surface area contributed by atoms with Crippen molar-refractivity contribution in [1.82, 2.24) is 9.55 Å². The fourth-order valence-corrected chi connectivity index (χ4v) is 1.96. The maximum Gasteiger partial charge on any atom is 0.416 e. The molecule has 0 atom stereocenters. The number of aromatic nitrogens is 2. The first-order valence-corrected chi connectivity index (χ1v) is 6.01. The zero-order valence-electron chi connectivity index (χ0n) is 9.98. The first-order chi connectivity index (χ1) is 9.04. The molecule has 1 saturated carbocycles. The van der Waals surface area contributed by atoms with Crippen LogP contribution in [-0.2, 0) is 6.18 Å². The molecule has 0 spiro atoms. The Morgan fingerprint density at radius 2 is 2.05 bits per heavy atom. The molecule has 0 amide bonds. The third-order valence-electron chi connectivity index (χ3n) is 3.05. The third-order valence-corrected chi connectivity index (χ3v) is 3.05. The molecule has 1 aliphatic rings. The predicted molar refractivity (Wildman–Crippen MR) is 65.2 cm³/mol. The van der Waals surface area contributed by atoms with Crippen LogP contribution in [0.4, 0.5) is 24.8 Å². The first-order valence-electron chi connectivity index (χ1n) is 6.01. The average molecular weight is 267 g/mol. The van der Waals surface area contributed by atoms with Gasteiger partial charge in [0.15, 0.2) is 0 Å². The lowest BCUT2D eigenvalue weighted by Crippen LogP contribution is -2.06. The molecule has 6 heteroatoms. The Labute approximate surface area is 108 Å². The van der Waals surface area contributed by atoms with Gasteiger partial charge < -0.3 is 9.88 Å². The van der Waals surface area contributed by atoms with E-state index in [1.165, 1.54) is 6.07 Å². The minimum absolute atomic E-state index is 0.392. The summed E-state index contributed by atoms with van der Waals surface area (Å²) in [4.78, 5) is 4.14. The van der Waals surface area contributed by atoms with Gasteiger partial charge in [0.1, 0.15) is 0 Å². The predicted octanol–water partition coefficient (Wildman–Crippen LogP) is 3.98. The van der Waals surface area contributed by atoms with E-state index >= 15 is 0 Å². The van der Waals surface area contributed by atoms with E-state index in [1.54, 1.807) is 12.3 Å². The van der Waals surface area contributed by atoms with Crippen molar-refractivity contribution in [3.63, 3.8) is 0 Å².